The number of hydrogen-bond acceptors (Lipinski definition) is 3. The summed E-state index contributed by atoms with van der Waals surface area (Å²) < 4.78 is 10.9. The molecule has 1 fully saturated rings. The largest absolute Gasteiger partial charge is 0.299 e. The maximum atomic E-state index is 11.0. The van der Waals surface area contributed by atoms with Gasteiger partial charge in [-0.3, -0.25) is 13.8 Å². The Morgan fingerprint density at radius 1 is 1.64 bits per heavy atom. The maximum Gasteiger partial charge on any atom is 0.145 e. The zero-order chi connectivity index (χ0) is 8.43. The summed E-state index contributed by atoms with van der Waals surface area (Å²) in [7, 11) is -0.953. The Hall–Kier alpha value is -0.510. The highest BCUT2D eigenvalue weighted by Gasteiger charge is 2.29. The van der Waals surface area contributed by atoms with Gasteiger partial charge in [0.1, 0.15) is 11.6 Å². The number of carbonyl (C=O) groups is 2. The first kappa shape index (κ1) is 8.59. The van der Waals surface area contributed by atoms with Crippen LogP contribution < -0.4 is 0 Å². The minimum absolute atomic E-state index is 0.0444. The summed E-state index contributed by atoms with van der Waals surface area (Å²) >= 11 is 0. The molecule has 1 aliphatic heterocycles. The molecule has 1 saturated heterocycles. The first-order valence-electron chi connectivity index (χ1n) is 3.49. The Balaban J connectivity index is 2.69. The van der Waals surface area contributed by atoms with E-state index in [-0.39, 0.29) is 17.3 Å². The van der Waals surface area contributed by atoms with Crippen LogP contribution in [0.25, 0.3) is 0 Å². The van der Waals surface area contributed by atoms with Gasteiger partial charge < -0.3 is 0 Å². The predicted octanol–water partition coefficient (Wildman–Crippen LogP) is -0.0869. The van der Waals surface area contributed by atoms with Gasteiger partial charge in [-0.2, -0.15) is 0 Å². The molecule has 3 nitrogen and oxygen atoms in total. The molecule has 0 saturated carbocycles. The summed E-state index contributed by atoms with van der Waals surface area (Å²) in [5.41, 5.74) is 0. The Morgan fingerprint density at radius 3 is 2.73 bits per heavy atom. The maximum absolute atomic E-state index is 11.0. The standard InChI is InChI=1S/C7H10O3S/c1-5(8)6-4-11(10)3-2-7(6)9/h6H,2-4H2,1H3. The fraction of sp³-hybridized carbons (Fsp3) is 0.714. The average Bonchev–Trinajstić information content (AvgIpc) is 1.94. The molecule has 0 aliphatic carbocycles. The van der Waals surface area contributed by atoms with Crippen LogP contribution in [0.1, 0.15) is 13.3 Å². The van der Waals surface area contributed by atoms with Gasteiger partial charge in [-0.05, 0) is 6.92 Å². The van der Waals surface area contributed by atoms with Crippen LogP contribution in [0, 0.1) is 5.92 Å². The van der Waals surface area contributed by atoms with E-state index >= 15 is 0 Å². The van der Waals surface area contributed by atoms with E-state index in [1.54, 1.807) is 0 Å². The second-order valence-corrected chi connectivity index (χ2v) is 4.31. The molecule has 0 N–H and O–H groups in total. The molecule has 2 atom stereocenters. The Labute approximate surface area is 67.6 Å². The third-order valence-electron chi connectivity index (χ3n) is 1.81. The molecule has 11 heavy (non-hydrogen) atoms. The molecule has 0 aromatic carbocycles. The molecule has 0 bridgehead atoms. The smallest absolute Gasteiger partial charge is 0.145 e. The van der Waals surface area contributed by atoms with Crippen molar-refractivity contribution >= 4 is 22.4 Å². The van der Waals surface area contributed by atoms with E-state index in [1.165, 1.54) is 6.92 Å². The second-order valence-electron chi connectivity index (χ2n) is 2.69. The summed E-state index contributed by atoms with van der Waals surface area (Å²) in [5.74, 6) is -0.0960. The van der Waals surface area contributed by atoms with Crippen molar-refractivity contribution in [3.05, 3.63) is 0 Å². The highest BCUT2D eigenvalue weighted by Crippen LogP contribution is 2.12. The van der Waals surface area contributed by atoms with E-state index in [2.05, 4.69) is 0 Å². The van der Waals surface area contributed by atoms with E-state index in [1.807, 2.05) is 0 Å². The van der Waals surface area contributed by atoms with Gasteiger partial charge >= 0.3 is 0 Å². The molecule has 2 unspecified atom stereocenters. The van der Waals surface area contributed by atoms with Crippen LogP contribution in [0.2, 0.25) is 0 Å². The molecule has 1 heterocycles. The van der Waals surface area contributed by atoms with Crippen molar-refractivity contribution in [2.45, 2.75) is 13.3 Å². The van der Waals surface area contributed by atoms with Crippen molar-refractivity contribution in [1.29, 1.82) is 0 Å². The lowest BCUT2D eigenvalue weighted by molar-refractivity contribution is -0.130. The van der Waals surface area contributed by atoms with Crippen LogP contribution in [0.4, 0.5) is 0 Å². The molecule has 0 aromatic rings. The number of ketones is 2. The van der Waals surface area contributed by atoms with Gasteiger partial charge in [-0.25, -0.2) is 0 Å². The molecule has 62 valence electrons. The summed E-state index contributed by atoms with van der Waals surface area (Å²) in [6, 6.07) is 0. The Morgan fingerprint density at radius 2 is 2.27 bits per heavy atom. The van der Waals surface area contributed by atoms with Gasteiger partial charge in [0.05, 0.1) is 5.92 Å². The third-order valence-corrected chi connectivity index (χ3v) is 3.17. The Kier molecular flexibility index (Phi) is 2.54. The fourth-order valence-corrected chi connectivity index (χ4v) is 2.48. The number of hydrogen-bond donors (Lipinski definition) is 0. The fourth-order valence-electron chi connectivity index (χ4n) is 1.09. The lowest BCUT2D eigenvalue weighted by atomic mass is 10.0. The SMILES string of the molecule is CC(=O)C1CS(=O)CCC1=O. The summed E-state index contributed by atoms with van der Waals surface area (Å²) in [6.45, 7) is 1.38. The van der Waals surface area contributed by atoms with Crippen molar-refractivity contribution in [3.8, 4) is 0 Å². The zero-order valence-electron chi connectivity index (χ0n) is 6.33. The molecule has 0 spiro atoms. The number of carbonyl (C=O) groups excluding carboxylic acids is 2. The van der Waals surface area contributed by atoms with E-state index in [0.717, 1.165) is 0 Å². The van der Waals surface area contributed by atoms with Crippen LogP contribution in [0.3, 0.4) is 0 Å². The van der Waals surface area contributed by atoms with Gasteiger partial charge in [-0.1, -0.05) is 0 Å². The highest BCUT2D eigenvalue weighted by atomic mass is 32.2. The first-order valence-corrected chi connectivity index (χ1v) is 4.98. The minimum atomic E-state index is -0.953. The van der Waals surface area contributed by atoms with Gasteiger partial charge in [0.15, 0.2) is 0 Å². The second kappa shape index (κ2) is 3.26. The van der Waals surface area contributed by atoms with Crippen LogP contribution in [-0.4, -0.2) is 27.3 Å². The van der Waals surface area contributed by atoms with E-state index in [9.17, 15) is 13.8 Å². The quantitative estimate of drug-likeness (QED) is 0.522. The topological polar surface area (TPSA) is 51.2 Å². The zero-order valence-corrected chi connectivity index (χ0v) is 7.15. The van der Waals surface area contributed by atoms with Gasteiger partial charge in [-0.15, -0.1) is 0 Å². The third kappa shape index (κ3) is 1.96. The molecule has 0 aromatic heterocycles. The monoisotopic (exact) mass is 174 g/mol. The average molecular weight is 174 g/mol. The van der Waals surface area contributed by atoms with Gasteiger partial charge in [0.25, 0.3) is 0 Å². The molecule has 1 rings (SSSR count). The highest BCUT2D eigenvalue weighted by molar-refractivity contribution is 7.85. The predicted molar refractivity (Wildman–Crippen MR) is 41.7 cm³/mol. The molecule has 0 amide bonds. The molecule has 1 aliphatic rings. The normalized spacial score (nSPS) is 31.9. The van der Waals surface area contributed by atoms with Crippen molar-refractivity contribution in [3.63, 3.8) is 0 Å². The van der Waals surface area contributed by atoms with E-state index in [0.29, 0.717) is 12.2 Å². The molecular weight excluding hydrogens is 164 g/mol. The number of Topliss-reactive ketones (excluding diaryl/α,β-unsaturated/α-hetero) is 2. The molecule has 0 radical (unpaired) electrons. The lowest BCUT2D eigenvalue weighted by Gasteiger charge is -2.16. The minimum Gasteiger partial charge on any atom is -0.299 e. The van der Waals surface area contributed by atoms with E-state index < -0.39 is 16.7 Å². The van der Waals surface area contributed by atoms with Crippen LogP contribution in [0.5, 0.6) is 0 Å². The lowest BCUT2D eigenvalue weighted by Crippen LogP contribution is -2.34. The summed E-state index contributed by atoms with van der Waals surface area (Å²) in [4.78, 5) is 21.8. The first-order chi connectivity index (χ1) is 5.11. The van der Waals surface area contributed by atoms with Crippen molar-refractivity contribution in [2.75, 3.05) is 11.5 Å². The van der Waals surface area contributed by atoms with Crippen LogP contribution in [0.15, 0.2) is 0 Å². The summed E-state index contributed by atoms with van der Waals surface area (Å²) in [6.07, 6.45) is 0.302. The molecular formula is C7H10O3S. The van der Waals surface area contributed by atoms with Gasteiger partial charge in [0, 0.05) is 28.7 Å². The van der Waals surface area contributed by atoms with Crippen molar-refractivity contribution < 1.29 is 13.8 Å². The molecule has 4 heteroatoms. The van der Waals surface area contributed by atoms with Crippen LogP contribution >= 0.6 is 0 Å². The van der Waals surface area contributed by atoms with E-state index in [4.69, 9.17) is 0 Å². The number of rotatable bonds is 1. The van der Waals surface area contributed by atoms with Gasteiger partial charge in [0.2, 0.25) is 0 Å². The van der Waals surface area contributed by atoms with Crippen molar-refractivity contribution in [2.24, 2.45) is 5.92 Å². The van der Waals surface area contributed by atoms with Crippen LogP contribution in [-0.2, 0) is 20.4 Å². The Bertz CT molecular complexity index is 222. The summed E-state index contributed by atoms with van der Waals surface area (Å²) in [5, 5.41) is 0. The van der Waals surface area contributed by atoms with Crippen molar-refractivity contribution in [1.82, 2.24) is 0 Å².